The lowest BCUT2D eigenvalue weighted by Crippen LogP contribution is -2.26. The molecule has 0 atom stereocenters. The van der Waals surface area contributed by atoms with E-state index in [1.165, 1.54) is 24.9 Å². The molecule has 0 unspecified atom stereocenters. The van der Waals surface area contributed by atoms with E-state index in [0.29, 0.717) is 6.04 Å². The van der Waals surface area contributed by atoms with Crippen molar-refractivity contribution in [2.45, 2.75) is 25.3 Å². The fourth-order valence-corrected chi connectivity index (χ4v) is 1.81. The van der Waals surface area contributed by atoms with Crippen LogP contribution < -0.4 is 10.1 Å². The zero-order valence-electron chi connectivity index (χ0n) is 10.8. The number of rotatable bonds is 6. The third-order valence-corrected chi connectivity index (χ3v) is 3.12. The van der Waals surface area contributed by atoms with Gasteiger partial charge in [-0.25, -0.2) is 0 Å². The van der Waals surface area contributed by atoms with Crippen LogP contribution in [0.15, 0.2) is 24.3 Å². The molecular weight excluding hydrogens is 212 g/mol. The first kappa shape index (κ1) is 12.2. The molecule has 17 heavy (non-hydrogen) atoms. The molecular formula is C14H22N2O. The molecule has 94 valence electrons. The SMILES string of the molecule is CN(C)CCOc1cccc(NC2CCC2)c1. The van der Waals surface area contributed by atoms with E-state index in [1.807, 2.05) is 12.1 Å². The summed E-state index contributed by atoms with van der Waals surface area (Å²) >= 11 is 0. The van der Waals surface area contributed by atoms with Gasteiger partial charge in [0.2, 0.25) is 0 Å². The van der Waals surface area contributed by atoms with Crippen LogP contribution in [0.1, 0.15) is 19.3 Å². The molecule has 0 heterocycles. The number of nitrogens with zero attached hydrogens (tertiary/aromatic N) is 1. The van der Waals surface area contributed by atoms with Crippen molar-refractivity contribution in [3.05, 3.63) is 24.3 Å². The molecule has 0 spiro atoms. The fourth-order valence-electron chi connectivity index (χ4n) is 1.81. The highest BCUT2D eigenvalue weighted by atomic mass is 16.5. The molecule has 3 heteroatoms. The molecule has 0 aliphatic heterocycles. The van der Waals surface area contributed by atoms with Gasteiger partial charge < -0.3 is 15.0 Å². The fraction of sp³-hybridized carbons (Fsp3) is 0.571. The average molecular weight is 234 g/mol. The van der Waals surface area contributed by atoms with Crippen LogP contribution in [-0.2, 0) is 0 Å². The summed E-state index contributed by atoms with van der Waals surface area (Å²) in [5.41, 5.74) is 1.18. The molecule has 0 bridgehead atoms. The molecule has 1 N–H and O–H groups in total. The second kappa shape index (κ2) is 5.92. The smallest absolute Gasteiger partial charge is 0.121 e. The van der Waals surface area contributed by atoms with Crippen molar-refractivity contribution in [1.29, 1.82) is 0 Å². The standard InChI is InChI=1S/C14H22N2O/c1-16(2)9-10-17-14-8-4-7-13(11-14)15-12-5-3-6-12/h4,7-8,11-12,15H,3,5-6,9-10H2,1-2H3. The van der Waals surface area contributed by atoms with E-state index >= 15 is 0 Å². The summed E-state index contributed by atoms with van der Waals surface area (Å²) in [6.45, 7) is 1.68. The first-order chi connectivity index (χ1) is 8.24. The maximum atomic E-state index is 5.71. The van der Waals surface area contributed by atoms with E-state index < -0.39 is 0 Å². The van der Waals surface area contributed by atoms with Crippen LogP contribution in [0.25, 0.3) is 0 Å². The van der Waals surface area contributed by atoms with Crippen LogP contribution in [0.5, 0.6) is 5.75 Å². The Labute approximate surface area is 104 Å². The third-order valence-electron chi connectivity index (χ3n) is 3.12. The summed E-state index contributed by atoms with van der Waals surface area (Å²) in [5.74, 6) is 0.955. The minimum atomic E-state index is 0.673. The predicted octanol–water partition coefficient (Wildman–Crippen LogP) is 2.59. The van der Waals surface area contributed by atoms with Gasteiger partial charge in [0, 0.05) is 24.3 Å². The van der Waals surface area contributed by atoms with Gasteiger partial charge in [-0.05, 0) is 45.5 Å². The van der Waals surface area contributed by atoms with Gasteiger partial charge in [0.05, 0.1) is 0 Å². The molecule has 0 saturated heterocycles. The first-order valence-corrected chi connectivity index (χ1v) is 6.38. The van der Waals surface area contributed by atoms with Gasteiger partial charge in [-0.1, -0.05) is 6.07 Å². The minimum Gasteiger partial charge on any atom is -0.492 e. The quantitative estimate of drug-likeness (QED) is 0.819. The van der Waals surface area contributed by atoms with E-state index in [4.69, 9.17) is 4.74 Å². The van der Waals surface area contributed by atoms with Crippen LogP contribution in [-0.4, -0.2) is 38.2 Å². The Morgan fingerprint density at radius 1 is 1.35 bits per heavy atom. The number of hydrogen-bond donors (Lipinski definition) is 1. The topological polar surface area (TPSA) is 24.5 Å². The lowest BCUT2D eigenvalue weighted by Gasteiger charge is -2.27. The summed E-state index contributed by atoms with van der Waals surface area (Å²) in [5, 5.41) is 3.53. The van der Waals surface area contributed by atoms with E-state index in [-0.39, 0.29) is 0 Å². The second-order valence-electron chi connectivity index (χ2n) is 4.95. The highest BCUT2D eigenvalue weighted by Gasteiger charge is 2.16. The summed E-state index contributed by atoms with van der Waals surface area (Å²) in [6, 6.07) is 8.94. The number of hydrogen-bond acceptors (Lipinski definition) is 3. The molecule has 1 aliphatic rings. The van der Waals surface area contributed by atoms with Gasteiger partial charge in [-0.2, -0.15) is 0 Å². The zero-order valence-corrected chi connectivity index (χ0v) is 10.8. The maximum absolute atomic E-state index is 5.71. The van der Waals surface area contributed by atoms with Gasteiger partial charge in [0.15, 0.2) is 0 Å². The second-order valence-corrected chi connectivity index (χ2v) is 4.95. The molecule has 1 aliphatic carbocycles. The third kappa shape index (κ3) is 3.93. The van der Waals surface area contributed by atoms with Crippen molar-refractivity contribution < 1.29 is 4.74 Å². The van der Waals surface area contributed by atoms with Crippen molar-refractivity contribution in [3.8, 4) is 5.75 Å². The number of ether oxygens (including phenoxy) is 1. The van der Waals surface area contributed by atoms with Crippen LogP contribution in [0.4, 0.5) is 5.69 Å². The largest absolute Gasteiger partial charge is 0.492 e. The summed E-state index contributed by atoms with van der Waals surface area (Å²) in [4.78, 5) is 2.12. The molecule has 0 aromatic heterocycles. The molecule has 0 radical (unpaired) electrons. The molecule has 1 fully saturated rings. The van der Waals surface area contributed by atoms with Crippen LogP contribution >= 0.6 is 0 Å². The Balaban J connectivity index is 1.82. The Morgan fingerprint density at radius 2 is 2.18 bits per heavy atom. The highest BCUT2D eigenvalue weighted by molar-refractivity contribution is 5.49. The lowest BCUT2D eigenvalue weighted by molar-refractivity contribution is 0.261. The summed E-state index contributed by atoms with van der Waals surface area (Å²) in [6.07, 6.45) is 3.95. The normalized spacial score (nSPS) is 15.7. The summed E-state index contributed by atoms with van der Waals surface area (Å²) < 4.78 is 5.71. The Morgan fingerprint density at radius 3 is 2.82 bits per heavy atom. The van der Waals surface area contributed by atoms with Gasteiger partial charge in [-0.3, -0.25) is 0 Å². The molecule has 0 amide bonds. The molecule has 1 aromatic rings. The zero-order chi connectivity index (χ0) is 12.1. The highest BCUT2D eigenvalue weighted by Crippen LogP contribution is 2.25. The van der Waals surface area contributed by atoms with Crippen LogP contribution in [0.3, 0.4) is 0 Å². The van der Waals surface area contributed by atoms with Gasteiger partial charge in [0.1, 0.15) is 12.4 Å². The number of benzene rings is 1. The van der Waals surface area contributed by atoms with Crippen molar-refractivity contribution in [2.75, 3.05) is 32.6 Å². The first-order valence-electron chi connectivity index (χ1n) is 6.38. The number of likely N-dealkylation sites (N-methyl/N-ethyl adjacent to an activating group) is 1. The molecule has 2 rings (SSSR count). The van der Waals surface area contributed by atoms with Gasteiger partial charge >= 0.3 is 0 Å². The average Bonchev–Trinajstić information content (AvgIpc) is 2.24. The van der Waals surface area contributed by atoms with Crippen molar-refractivity contribution in [2.24, 2.45) is 0 Å². The Bertz CT molecular complexity index is 348. The Hall–Kier alpha value is -1.22. The van der Waals surface area contributed by atoms with Crippen LogP contribution in [0, 0.1) is 0 Å². The Kier molecular flexibility index (Phi) is 4.26. The van der Waals surface area contributed by atoms with E-state index in [1.54, 1.807) is 0 Å². The van der Waals surface area contributed by atoms with E-state index in [2.05, 4.69) is 36.4 Å². The predicted molar refractivity (Wildman–Crippen MR) is 71.8 cm³/mol. The monoisotopic (exact) mass is 234 g/mol. The van der Waals surface area contributed by atoms with E-state index in [9.17, 15) is 0 Å². The number of nitrogens with one attached hydrogen (secondary N) is 1. The minimum absolute atomic E-state index is 0.673. The van der Waals surface area contributed by atoms with E-state index in [0.717, 1.165) is 18.9 Å². The maximum Gasteiger partial charge on any atom is 0.121 e. The van der Waals surface area contributed by atoms with Gasteiger partial charge in [-0.15, -0.1) is 0 Å². The van der Waals surface area contributed by atoms with Crippen molar-refractivity contribution in [3.63, 3.8) is 0 Å². The van der Waals surface area contributed by atoms with Gasteiger partial charge in [0.25, 0.3) is 0 Å². The number of anilines is 1. The molecule has 3 nitrogen and oxygen atoms in total. The summed E-state index contributed by atoms with van der Waals surface area (Å²) in [7, 11) is 4.11. The molecule has 1 aromatic carbocycles. The molecule has 1 saturated carbocycles. The van der Waals surface area contributed by atoms with Crippen LogP contribution in [0.2, 0.25) is 0 Å². The van der Waals surface area contributed by atoms with Crippen molar-refractivity contribution >= 4 is 5.69 Å². The van der Waals surface area contributed by atoms with Crippen molar-refractivity contribution in [1.82, 2.24) is 4.90 Å². The lowest BCUT2D eigenvalue weighted by atomic mass is 9.93.